The zero-order valence-electron chi connectivity index (χ0n) is 16.9. The van der Waals surface area contributed by atoms with Gasteiger partial charge in [-0.2, -0.15) is 0 Å². The van der Waals surface area contributed by atoms with E-state index in [4.69, 9.17) is 5.11 Å². The van der Waals surface area contributed by atoms with Crippen LogP contribution in [-0.4, -0.2) is 45.0 Å². The first kappa shape index (κ1) is 23.6. The lowest BCUT2D eigenvalue weighted by molar-refractivity contribution is -0.142. The molecule has 0 bridgehead atoms. The van der Waals surface area contributed by atoms with Gasteiger partial charge in [-0.3, -0.25) is 9.59 Å². The molecule has 1 saturated heterocycles. The Balaban J connectivity index is 0.00000289. The largest absolute Gasteiger partial charge is 0.481 e. The van der Waals surface area contributed by atoms with E-state index < -0.39 is 11.9 Å². The summed E-state index contributed by atoms with van der Waals surface area (Å²) in [6, 6.07) is 11.6. The second-order valence-corrected chi connectivity index (χ2v) is 8.08. The zero-order chi connectivity index (χ0) is 21.8. The van der Waals surface area contributed by atoms with Gasteiger partial charge in [0.05, 0.1) is 18.3 Å². The summed E-state index contributed by atoms with van der Waals surface area (Å²) in [5.74, 6) is -0.439. The molecule has 1 fully saturated rings. The number of carboxylic acids is 1. The monoisotopic (exact) mass is 517 g/mol. The quantitative estimate of drug-likeness (QED) is 0.519. The third-order valence-corrected chi connectivity index (χ3v) is 5.88. The third kappa shape index (κ3) is 5.41. The predicted octanol–water partition coefficient (Wildman–Crippen LogP) is 4.28. The normalized spacial score (nSPS) is 13.8. The maximum absolute atomic E-state index is 12.5. The summed E-state index contributed by atoms with van der Waals surface area (Å²) in [5.41, 5.74) is 2.12. The van der Waals surface area contributed by atoms with E-state index in [0.29, 0.717) is 37.6 Å². The molecule has 2 N–H and O–H groups in total. The van der Waals surface area contributed by atoms with E-state index in [1.165, 1.54) is 12.4 Å². The van der Waals surface area contributed by atoms with Gasteiger partial charge in [0.1, 0.15) is 17.3 Å². The van der Waals surface area contributed by atoms with Gasteiger partial charge in [-0.15, -0.1) is 12.4 Å². The minimum absolute atomic E-state index is 0. The molecule has 1 aliphatic rings. The molecule has 2 aromatic heterocycles. The van der Waals surface area contributed by atoms with Crippen molar-refractivity contribution in [3.8, 4) is 11.1 Å². The molecule has 0 spiro atoms. The Labute approximate surface area is 199 Å². The molecule has 166 valence electrons. The molecule has 0 saturated carbocycles. The van der Waals surface area contributed by atoms with E-state index in [1.54, 1.807) is 12.3 Å². The number of carboxylic acid groups (broad SMARTS) is 1. The lowest BCUT2D eigenvalue weighted by Gasteiger charge is -2.30. The second kappa shape index (κ2) is 10.5. The Morgan fingerprint density at radius 1 is 1.03 bits per heavy atom. The molecule has 3 aromatic rings. The highest BCUT2D eigenvalue weighted by Gasteiger charge is 2.25. The first-order chi connectivity index (χ1) is 15.0. The number of hydrogen-bond donors (Lipinski definition) is 2. The lowest BCUT2D eigenvalue weighted by atomic mass is 9.97. The number of benzene rings is 1. The van der Waals surface area contributed by atoms with Crippen LogP contribution in [0.3, 0.4) is 0 Å². The van der Waals surface area contributed by atoms with Crippen molar-refractivity contribution in [2.45, 2.75) is 12.8 Å². The highest BCUT2D eigenvalue weighted by molar-refractivity contribution is 9.10. The molecule has 0 unspecified atom stereocenters. The molecular weight excluding hydrogens is 498 g/mol. The van der Waals surface area contributed by atoms with Crippen molar-refractivity contribution in [1.82, 2.24) is 15.0 Å². The smallest absolute Gasteiger partial charge is 0.306 e. The average Bonchev–Trinajstić information content (AvgIpc) is 2.80. The summed E-state index contributed by atoms with van der Waals surface area (Å²) in [4.78, 5) is 38.5. The van der Waals surface area contributed by atoms with E-state index in [2.05, 4.69) is 36.2 Å². The molecule has 1 amide bonds. The number of aromatic nitrogens is 3. The zero-order valence-corrected chi connectivity index (χ0v) is 19.3. The molecule has 4 rings (SSSR count). The molecular formula is C22H21BrClN5O3. The Bertz CT molecular complexity index is 1090. The number of amides is 1. The lowest BCUT2D eigenvalue weighted by Crippen LogP contribution is -2.36. The van der Waals surface area contributed by atoms with Gasteiger partial charge in [0, 0.05) is 29.3 Å². The molecule has 10 heteroatoms. The fourth-order valence-electron chi connectivity index (χ4n) is 3.47. The first-order valence-electron chi connectivity index (χ1n) is 9.83. The van der Waals surface area contributed by atoms with Crippen molar-refractivity contribution in [3.05, 3.63) is 65.2 Å². The molecule has 1 aromatic carbocycles. The van der Waals surface area contributed by atoms with Crippen LogP contribution in [-0.2, 0) is 4.79 Å². The summed E-state index contributed by atoms with van der Waals surface area (Å²) in [7, 11) is 0. The van der Waals surface area contributed by atoms with E-state index in [0.717, 1.165) is 15.6 Å². The summed E-state index contributed by atoms with van der Waals surface area (Å²) < 4.78 is 0.815. The number of nitrogens with one attached hydrogen (secondary N) is 1. The number of rotatable bonds is 5. The number of piperidine rings is 1. The standard InChI is InChI=1S/C22H20BrN5O3.ClH/c23-17-10-19(25-11-16(17)14-4-2-1-3-5-14)27-21(29)18-12-26-20(13-24-18)28-8-6-15(7-9-28)22(30)31;/h1-5,10-13,15H,6-9H2,(H,30,31)(H,25,27,29);1H. The Hall–Kier alpha value is -3.04. The number of halogens is 2. The van der Waals surface area contributed by atoms with Crippen LogP contribution in [0.5, 0.6) is 0 Å². The van der Waals surface area contributed by atoms with Crippen LogP contribution < -0.4 is 10.2 Å². The minimum Gasteiger partial charge on any atom is -0.481 e. The Morgan fingerprint density at radius 2 is 1.75 bits per heavy atom. The predicted molar refractivity (Wildman–Crippen MR) is 127 cm³/mol. The summed E-state index contributed by atoms with van der Waals surface area (Å²) >= 11 is 3.54. The minimum atomic E-state index is -0.755. The number of aliphatic carboxylic acids is 1. The number of hydrogen-bond acceptors (Lipinski definition) is 6. The van der Waals surface area contributed by atoms with Crippen molar-refractivity contribution < 1.29 is 14.7 Å². The number of pyridine rings is 1. The highest BCUT2D eigenvalue weighted by atomic mass is 79.9. The van der Waals surface area contributed by atoms with Crippen molar-refractivity contribution in [3.63, 3.8) is 0 Å². The van der Waals surface area contributed by atoms with E-state index in [-0.39, 0.29) is 24.0 Å². The van der Waals surface area contributed by atoms with Crippen LogP contribution in [0.25, 0.3) is 11.1 Å². The van der Waals surface area contributed by atoms with E-state index >= 15 is 0 Å². The van der Waals surface area contributed by atoms with Crippen molar-refractivity contribution >= 4 is 51.8 Å². The summed E-state index contributed by atoms with van der Waals surface area (Å²) in [5, 5.41) is 11.8. The van der Waals surface area contributed by atoms with Crippen LogP contribution >= 0.6 is 28.3 Å². The van der Waals surface area contributed by atoms with Crippen molar-refractivity contribution in [2.24, 2.45) is 5.92 Å². The highest BCUT2D eigenvalue weighted by Crippen LogP contribution is 2.29. The van der Waals surface area contributed by atoms with E-state index in [9.17, 15) is 9.59 Å². The number of nitrogens with zero attached hydrogens (tertiary/aromatic N) is 4. The second-order valence-electron chi connectivity index (χ2n) is 7.23. The van der Waals surface area contributed by atoms with Gasteiger partial charge < -0.3 is 15.3 Å². The number of carbonyl (C=O) groups is 2. The Morgan fingerprint density at radius 3 is 2.34 bits per heavy atom. The topological polar surface area (TPSA) is 108 Å². The molecule has 32 heavy (non-hydrogen) atoms. The van der Waals surface area contributed by atoms with Crippen LogP contribution in [0.2, 0.25) is 0 Å². The van der Waals surface area contributed by atoms with Gasteiger partial charge in [-0.05, 0) is 40.4 Å². The fraction of sp³-hybridized carbons (Fsp3) is 0.227. The van der Waals surface area contributed by atoms with Gasteiger partial charge in [0.2, 0.25) is 0 Å². The fourth-order valence-corrected chi connectivity index (χ4v) is 4.02. The van der Waals surface area contributed by atoms with E-state index in [1.807, 2.05) is 35.2 Å². The maximum atomic E-state index is 12.5. The summed E-state index contributed by atoms with van der Waals surface area (Å²) in [6.45, 7) is 1.20. The maximum Gasteiger partial charge on any atom is 0.306 e. The molecule has 8 nitrogen and oxygen atoms in total. The molecule has 0 aliphatic carbocycles. The third-order valence-electron chi connectivity index (χ3n) is 5.22. The van der Waals surface area contributed by atoms with Crippen LogP contribution in [0.15, 0.2) is 59.5 Å². The van der Waals surface area contributed by atoms with Crippen LogP contribution in [0, 0.1) is 5.92 Å². The Kier molecular flexibility index (Phi) is 7.76. The van der Waals surface area contributed by atoms with Gasteiger partial charge in [0.25, 0.3) is 5.91 Å². The van der Waals surface area contributed by atoms with Gasteiger partial charge in [0.15, 0.2) is 0 Å². The molecule has 0 radical (unpaired) electrons. The molecule has 0 atom stereocenters. The van der Waals surface area contributed by atoms with Crippen LogP contribution in [0.4, 0.5) is 11.6 Å². The van der Waals surface area contributed by atoms with Crippen LogP contribution in [0.1, 0.15) is 23.3 Å². The first-order valence-corrected chi connectivity index (χ1v) is 10.6. The summed E-state index contributed by atoms with van der Waals surface area (Å²) in [6.07, 6.45) is 5.79. The molecule has 3 heterocycles. The average molecular weight is 519 g/mol. The number of anilines is 2. The van der Waals surface area contributed by atoms with Crippen molar-refractivity contribution in [1.29, 1.82) is 0 Å². The van der Waals surface area contributed by atoms with Gasteiger partial charge in [-0.1, -0.05) is 30.3 Å². The van der Waals surface area contributed by atoms with Crippen molar-refractivity contribution in [2.75, 3.05) is 23.3 Å². The molecule has 1 aliphatic heterocycles. The van der Waals surface area contributed by atoms with Gasteiger partial charge in [-0.25, -0.2) is 15.0 Å². The SMILES string of the molecule is Cl.O=C(Nc1cc(Br)c(-c2ccccc2)cn1)c1cnc(N2CCC(C(=O)O)CC2)cn1. The number of carbonyl (C=O) groups excluding carboxylic acids is 1. The van der Waals surface area contributed by atoms with Gasteiger partial charge >= 0.3 is 5.97 Å².